The average molecular weight is 410 g/mol. The maximum Gasteiger partial charge on any atom is 0.246 e. The minimum absolute atomic E-state index is 0.0356. The molecule has 29 heavy (non-hydrogen) atoms. The molecule has 0 spiro atoms. The summed E-state index contributed by atoms with van der Waals surface area (Å²) in [6.45, 7) is 3.56. The highest BCUT2D eigenvalue weighted by atomic mass is 32.1. The summed E-state index contributed by atoms with van der Waals surface area (Å²) in [5.74, 6) is 1.17. The minimum Gasteiger partial charge on any atom is -0.345 e. The van der Waals surface area contributed by atoms with Crippen molar-refractivity contribution >= 4 is 34.3 Å². The summed E-state index contributed by atoms with van der Waals surface area (Å²) < 4.78 is 0. The standard InChI is InChI=1S/C20H23N7OS/c1-14-9-22-20(29-14)26-18-8-17(24-13-25-18)7-15-3-2-6-27(11-15)19(28)5-4-16-10-21-12-23-16/h4-5,8-10,12-13,15H,2-3,6-7,11H2,1H3,(H,21,23)(H,22,24,25,26). The Morgan fingerprint density at radius 3 is 3.10 bits per heavy atom. The second-order valence-electron chi connectivity index (χ2n) is 7.13. The van der Waals surface area contributed by atoms with E-state index in [1.807, 2.05) is 24.1 Å². The summed E-state index contributed by atoms with van der Waals surface area (Å²) in [6.07, 6.45) is 13.0. The number of piperidine rings is 1. The second kappa shape index (κ2) is 8.95. The molecule has 0 aromatic carbocycles. The van der Waals surface area contributed by atoms with Crippen LogP contribution < -0.4 is 5.32 Å². The van der Waals surface area contributed by atoms with E-state index in [1.165, 1.54) is 0 Å². The number of carbonyl (C=O) groups is 1. The first-order valence-electron chi connectivity index (χ1n) is 9.61. The molecule has 1 aliphatic heterocycles. The Morgan fingerprint density at radius 2 is 2.31 bits per heavy atom. The number of H-pyrrole nitrogens is 1. The van der Waals surface area contributed by atoms with E-state index in [4.69, 9.17) is 0 Å². The number of thiazole rings is 1. The Labute approximate surface area is 173 Å². The van der Waals surface area contributed by atoms with Crippen LogP contribution in [-0.2, 0) is 11.2 Å². The van der Waals surface area contributed by atoms with Crippen molar-refractivity contribution in [2.45, 2.75) is 26.2 Å². The SMILES string of the molecule is Cc1cnc(Nc2cc(CC3CCCN(C(=O)C=Cc4cnc[nH]4)C3)ncn2)s1. The number of hydrogen-bond donors (Lipinski definition) is 2. The van der Waals surface area contributed by atoms with Gasteiger partial charge in [0, 0.05) is 42.0 Å². The fourth-order valence-electron chi connectivity index (χ4n) is 3.45. The number of likely N-dealkylation sites (tertiary alicyclic amines) is 1. The van der Waals surface area contributed by atoms with Crippen LogP contribution in [0.2, 0.25) is 0 Å². The number of aryl methyl sites for hydroxylation is 1. The highest BCUT2D eigenvalue weighted by Gasteiger charge is 2.23. The van der Waals surface area contributed by atoms with E-state index in [2.05, 4.69) is 30.2 Å². The maximum atomic E-state index is 12.5. The van der Waals surface area contributed by atoms with E-state index < -0.39 is 0 Å². The Bertz CT molecular complexity index is 982. The topological polar surface area (TPSA) is 99.7 Å². The molecule has 0 saturated carbocycles. The third-order valence-corrected chi connectivity index (χ3v) is 5.66. The predicted octanol–water partition coefficient (Wildman–Crippen LogP) is 3.20. The summed E-state index contributed by atoms with van der Waals surface area (Å²) in [7, 11) is 0. The molecule has 1 atom stereocenters. The van der Waals surface area contributed by atoms with Crippen LogP contribution in [0.25, 0.3) is 6.08 Å². The number of aromatic amines is 1. The van der Waals surface area contributed by atoms with Crippen molar-refractivity contribution in [3.05, 3.63) is 53.5 Å². The van der Waals surface area contributed by atoms with Gasteiger partial charge >= 0.3 is 0 Å². The number of anilines is 2. The van der Waals surface area contributed by atoms with Gasteiger partial charge in [0.1, 0.15) is 12.1 Å². The molecule has 1 fully saturated rings. The van der Waals surface area contributed by atoms with Crippen molar-refractivity contribution in [1.29, 1.82) is 0 Å². The van der Waals surface area contributed by atoms with Gasteiger partial charge in [-0.2, -0.15) is 0 Å². The number of rotatable bonds is 6. The number of nitrogens with one attached hydrogen (secondary N) is 2. The van der Waals surface area contributed by atoms with Crippen LogP contribution in [0.5, 0.6) is 0 Å². The molecule has 8 nitrogen and oxygen atoms in total. The molecular weight excluding hydrogens is 386 g/mol. The summed E-state index contributed by atoms with van der Waals surface area (Å²) >= 11 is 1.59. The summed E-state index contributed by atoms with van der Waals surface area (Å²) in [5, 5.41) is 4.06. The molecule has 4 heterocycles. The molecule has 9 heteroatoms. The molecule has 3 aromatic heterocycles. The zero-order valence-electron chi connectivity index (χ0n) is 16.2. The van der Waals surface area contributed by atoms with Crippen molar-refractivity contribution in [3.63, 3.8) is 0 Å². The number of carbonyl (C=O) groups excluding carboxylic acids is 1. The van der Waals surface area contributed by atoms with Crippen molar-refractivity contribution in [3.8, 4) is 0 Å². The van der Waals surface area contributed by atoms with E-state index in [-0.39, 0.29) is 5.91 Å². The van der Waals surface area contributed by atoms with E-state index in [1.54, 1.807) is 42.3 Å². The molecule has 0 radical (unpaired) electrons. The molecule has 1 saturated heterocycles. The summed E-state index contributed by atoms with van der Waals surface area (Å²) in [6, 6.07) is 1.97. The lowest BCUT2D eigenvalue weighted by Gasteiger charge is -2.32. The summed E-state index contributed by atoms with van der Waals surface area (Å²) in [5.41, 5.74) is 1.80. The van der Waals surface area contributed by atoms with Crippen LogP contribution in [0.1, 0.15) is 29.1 Å². The van der Waals surface area contributed by atoms with Crippen LogP contribution in [0.3, 0.4) is 0 Å². The molecule has 2 N–H and O–H groups in total. The Balaban J connectivity index is 1.35. The predicted molar refractivity (Wildman–Crippen MR) is 113 cm³/mol. The van der Waals surface area contributed by atoms with Gasteiger partial charge in [0.25, 0.3) is 0 Å². The van der Waals surface area contributed by atoms with Gasteiger partial charge in [-0.15, -0.1) is 11.3 Å². The van der Waals surface area contributed by atoms with Crippen LogP contribution in [-0.4, -0.2) is 48.8 Å². The number of nitrogens with zero attached hydrogens (tertiary/aromatic N) is 5. The lowest BCUT2D eigenvalue weighted by atomic mass is 9.93. The third kappa shape index (κ3) is 5.26. The van der Waals surface area contributed by atoms with E-state index in [0.717, 1.165) is 59.6 Å². The average Bonchev–Trinajstić information content (AvgIpc) is 3.38. The molecule has 0 bridgehead atoms. The smallest absolute Gasteiger partial charge is 0.246 e. The molecule has 1 unspecified atom stereocenters. The van der Waals surface area contributed by atoms with Gasteiger partial charge in [-0.05, 0) is 38.2 Å². The van der Waals surface area contributed by atoms with Crippen LogP contribution >= 0.6 is 11.3 Å². The van der Waals surface area contributed by atoms with Crippen LogP contribution in [0.15, 0.2) is 37.2 Å². The quantitative estimate of drug-likeness (QED) is 0.607. The van der Waals surface area contributed by atoms with Gasteiger partial charge in [-0.1, -0.05) is 0 Å². The van der Waals surface area contributed by atoms with E-state index >= 15 is 0 Å². The monoisotopic (exact) mass is 409 g/mol. The molecule has 150 valence electrons. The van der Waals surface area contributed by atoms with Gasteiger partial charge < -0.3 is 15.2 Å². The number of aromatic nitrogens is 5. The fraction of sp³-hybridized carbons (Fsp3) is 0.350. The van der Waals surface area contributed by atoms with Gasteiger partial charge in [-0.3, -0.25) is 4.79 Å². The number of amides is 1. The Kier molecular flexibility index (Phi) is 5.95. The van der Waals surface area contributed by atoms with Gasteiger partial charge in [-0.25, -0.2) is 19.9 Å². The van der Waals surface area contributed by atoms with E-state index in [9.17, 15) is 4.79 Å². The Hall–Kier alpha value is -3.07. The van der Waals surface area contributed by atoms with Crippen LogP contribution in [0.4, 0.5) is 10.9 Å². The lowest BCUT2D eigenvalue weighted by molar-refractivity contribution is -0.127. The molecular formula is C20H23N7OS. The third-order valence-electron chi connectivity index (χ3n) is 4.83. The normalized spacial score (nSPS) is 17.0. The van der Waals surface area contributed by atoms with Gasteiger partial charge in [0.05, 0.1) is 18.2 Å². The number of hydrogen-bond acceptors (Lipinski definition) is 7. The van der Waals surface area contributed by atoms with Gasteiger partial charge in [0.2, 0.25) is 5.91 Å². The minimum atomic E-state index is 0.0356. The number of imidazole rings is 1. The highest BCUT2D eigenvalue weighted by molar-refractivity contribution is 7.15. The zero-order chi connectivity index (χ0) is 20.1. The maximum absolute atomic E-state index is 12.5. The van der Waals surface area contributed by atoms with Crippen molar-refractivity contribution in [1.82, 2.24) is 29.8 Å². The van der Waals surface area contributed by atoms with Gasteiger partial charge in [0.15, 0.2) is 5.13 Å². The first kappa shape index (κ1) is 19.3. The molecule has 3 aromatic rings. The lowest BCUT2D eigenvalue weighted by Crippen LogP contribution is -2.39. The second-order valence-corrected chi connectivity index (χ2v) is 8.37. The molecule has 4 rings (SSSR count). The highest BCUT2D eigenvalue weighted by Crippen LogP contribution is 2.23. The fourth-order valence-corrected chi connectivity index (χ4v) is 4.12. The first-order chi connectivity index (χ1) is 14.2. The van der Waals surface area contributed by atoms with Crippen molar-refractivity contribution in [2.75, 3.05) is 18.4 Å². The zero-order valence-corrected chi connectivity index (χ0v) is 17.0. The summed E-state index contributed by atoms with van der Waals surface area (Å²) in [4.78, 5) is 35.5. The molecule has 0 aliphatic carbocycles. The molecule has 1 aliphatic rings. The van der Waals surface area contributed by atoms with Crippen LogP contribution in [0, 0.1) is 12.8 Å². The largest absolute Gasteiger partial charge is 0.345 e. The first-order valence-corrected chi connectivity index (χ1v) is 10.4. The molecule has 1 amide bonds. The van der Waals surface area contributed by atoms with Crippen molar-refractivity contribution < 1.29 is 4.79 Å². The van der Waals surface area contributed by atoms with E-state index in [0.29, 0.717) is 5.92 Å². The van der Waals surface area contributed by atoms with Crippen molar-refractivity contribution in [2.24, 2.45) is 5.92 Å². The Morgan fingerprint density at radius 1 is 1.38 bits per heavy atom.